The molecule has 1 fully saturated rings. The second-order valence-electron chi connectivity index (χ2n) is 14.5. The Morgan fingerprint density at radius 1 is 1.05 bits per heavy atom. The molecule has 236 valence electrons. The van der Waals surface area contributed by atoms with E-state index in [-0.39, 0.29) is 17.4 Å². The highest BCUT2D eigenvalue weighted by molar-refractivity contribution is 5.99. The van der Waals surface area contributed by atoms with Crippen molar-refractivity contribution in [3.63, 3.8) is 0 Å². The zero-order valence-electron chi connectivity index (χ0n) is 27.5. The van der Waals surface area contributed by atoms with Crippen LogP contribution in [0.1, 0.15) is 98.9 Å². The van der Waals surface area contributed by atoms with Crippen molar-refractivity contribution >= 4 is 11.9 Å². The van der Waals surface area contributed by atoms with Gasteiger partial charge in [0.2, 0.25) is 0 Å². The number of hydrogen-bond donors (Lipinski definition) is 2. The number of carbonyl (C=O) groups is 2. The number of aryl methyl sites for hydroxylation is 2. The van der Waals surface area contributed by atoms with Gasteiger partial charge >= 0.3 is 5.97 Å². The number of nitrogens with one attached hydrogen (secondary N) is 1. The SMILES string of the molecule is COc1ccc(C(C)(C)C)cc1CN[C@H]1[C@H](C(C)(C)C)[C@@H](C(=O)O)N(C(=O)c2c(C)nn3c2CCCC3)[C@H]1c1ccccc1. The maximum absolute atomic E-state index is 14.8. The summed E-state index contributed by atoms with van der Waals surface area (Å²) in [5.41, 5.74) is 4.75. The molecule has 2 aliphatic rings. The number of nitrogens with zero attached hydrogens (tertiary/aromatic N) is 3. The predicted octanol–water partition coefficient (Wildman–Crippen LogP) is 6.30. The van der Waals surface area contributed by atoms with Crippen LogP contribution in [0.25, 0.3) is 0 Å². The highest BCUT2D eigenvalue weighted by Gasteiger charge is 2.58. The Bertz CT molecular complexity index is 1520. The average molecular weight is 601 g/mol. The molecule has 0 aliphatic carbocycles. The van der Waals surface area contributed by atoms with Gasteiger partial charge in [-0.25, -0.2) is 4.79 Å². The fourth-order valence-electron chi connectivity index (χ4n) is 7.35. The maximum atomic E-state index is 14.8. The van der Waals surface area contributed by atoms with Gasteiger partial charge in [-0.05, 0) is 54.2 Å². The number of carboxylic acid groups (broad SMARTS) is 1. The van der Waals surface area contributed by atoms with Crippen molar-refractivity contribution in [1.29, 1.82) is 0 Å². The van der Waals surface area contributed by atoms with Crippen LogP contribution >= 0.6 is 0 Å². The fourth-order valence-corrected chi connectivity index (χ4v) is 7.35. The van der Waals surface area contributed by atoms with Gasteiger partial charge in [0.25, 0.3) is 5.91 Å². The summed E-state index contributed by atoms with van der Waals surface area (Å²) in [5.74, 6) is -0.859. The van der Waals surface area contributed by atoms with Crippen LogP contribution in [0.5, 0.6) is 5.75 Å². The van der Waals surface area contributed by atoms with Crippen LogP contribution in [-0.2, 0) is 29.7 Å². The third-order valence-electron chi connectivity index (χ3n) is 9.45. The smallest absolute Gasteiger partial charge is 0.326 e. The van der Waals surface area contributed by atoms with Gasteiger partial charge in [-0.3, -0.25) is 9.48 Å². The molecule has 0 saturated carbocycles. The molecule has 0 bridgehead atoms. The van der Waals surface area contributed by atoms with Crippen LogP contribution in [0.15, 0.2) is 48.5 Å². The summed E-state index contributed by atoms with van der Waals surface area (Å²) in [6, 6.07) is 14.2. The molecular formula is C36H48N4O4. The lowest BCUT2D eigenvalue weighted by Gasteiger charge is -2.35. The molecule has 8 nitrogen and oxygen atoms in total. The number of methoxy groups -OCH3 is 1. The third kappa shape index (κ3) is 5.88. The van der Waals surface area contributed by atoms with E-state index in [0.29, 0.717) is 17.8 Å². The second-order valence-corrected chi connectivity index (χ2v) is 14.5. The van der Waals surface area contributed by atoms with Gasteiger partial charge in [0.1, 0.15) is 11.8 Å². The molecule has 1 aromatic heterocycles. The number of rotatable bonds is 7. The molecule has 0 unspecified atom stereocenters. The number of ether oxygens (including phenoxy) is 1. The molecule has 1 saturated heterocycles. The molecule has 8 heteroatoms. The zero-order chi connectivity index (χ0) is 32.0. The summed E-state index contributed by atoms with van der Waals surface area (Å²) in [5, 5.41) is 19.4. The Morgan fingerprint density at radius 2 is 1.75 bits per heavy atom. The van der Waals surface area contributed by atoms with Gasteiger partial charge in [0.15, 0.2) is 0 Å². The molecule has 44 heavy (non-hydrogen) atoms. The number of benzene rings is 2. The van der Waals surface area contributed by atoms with Crippen LogP contribution in [0, 0.1) is 18.3 Å². The molecular weight excluding hydrogens is 552 g/mol. The Balaban J connectivity index is 1.65. The van der Waals surface area contributed by atoms with Crippen molar-refractivity contribution in [1.82, 2.24) is 20.0 Å². The van der Waals surface area contributed by atoms with Crippen molar-refractivity contribution < 1.29 is 19.4 Å². The van der Waals surface area contributed by atoms with E-state index in [1.807, 2.05) is 48.0 Å². The topological polar surface area (TPSA) is 96.7 Å². The lowest BCUT2D eigenvalue weighted by molar-refractivity contribution is -0.144. The Labute approximate surface area is 261 Å². The van der Waals surface area contributed by atoms with Gasteiger partial charge in [-0.15, -0.1) is 0 Å². The molecule has 2 aromatic carbocycles. The number of fused-ring (bicyclic) bond motifs is 1. The van der Waals surface area contributed by atoms with E-state index in [9.17, 15) is 14.7 Å². The Hall–Kier alpha value is -3.65. The molecule has 0 radical (unpaired) electrons. The first kappa shape index (κ1) is 31.8. The molecule has 4 atom stereocenters. The maximum Gasteiger partial charge on any atom is 0.326 e. The minimum Gasteiger partial charge on any atom is -0.496 e. The lowest BCUT2D eigenvalue weighted by Crippen LogP contribution is -2.48. The van der Waals surface area contributed by atoms with E-state index in [1.54, 1.807) is 12.0 Å². The van der Waals surface area contributed by atoms with Crippen LogP contribution < -0.4 is 10.1 Å². The van der Waals surface area contributed by atoms with E-state index in [4.69, 9.17) is 9.84 Å². The fraction of sp³-hybridized carbons (Fsp3) is 0.528. The summed E-state index contributed by atoms with van der Waals surface area (Å²) in [6.07, 6.45) is 2.77. The molecule has 0 spiro atoms. The van der Waals surface area contributed by atoms with Crippen molar-refractivity contribution in [2.24, 2.45) is 11.3 Å². The molecule has 2 aliphatic heterocycles. The molecule has 3 aromatic rings. The molecule has 5 rings (SSSR count). The summed E-state index contributed by atoms with van der Waals surface area (Å²) < 4.78 is 7.70. The number of aliphatic carboxylic acids is 1. The Kier molecular flexibility index (Phi) is 8.69. The first-order valence-corrected chi connectivity index (χ1v) is 15.8. The summed E-state index contributed by atoms with van der Waals surface area (Å²) >= 11 is 0. The summed E-state index contributed by atoms with van der Waals surface area (Å²) in [7, 11) is 1.67. The van der Waals surface area contributed by atoms with Gasteiger partial charge in [0.05, 0.1) is 30.1 Å². The minimum atomic E-state index is -1.04. The molecule has 2 N–H and O–H groups in total. The van der Waals surface area contributed by atoms with E-state index < -0.39 is 29.4 Å². The van der Waals surface area contributed by atoms with Crippen LogP contribution in [-0.4, -0.2) is 50.9 Å². The lowest BCUT2D eigenvalue weighted by atomic mass is 9.72. The van der Waals surface area contributed by atoms with Crippen LogP contribution in [0.2, 0.25) is 0 Å². The van der Waals surface area contributed by atoms with Crippen molar-refractivity contribution in [3.8, 4) is 5.75 Å². The van der Waals surface area contributed by atoms with Gasteiger partial charge in [-0.1, -0.05) is 84.0 Å². The molecule has 1 amide bonds. The zero-order valence-corrected chi connectivity index (χ0v) is 27.5. The number of carbonyl (C=O) groups excluding carboxylic acids is 1. The van der Waals surface area contributed by atoms with Crippen LogP contribution in [0.4, 0.5) is 0 Å². The predicted molar refractivity (Wildman–Crippen MR) is 172 cm³/mol. The average Bonchev–Trinajstić information content (AvgIpc) is 3.50. The van der Waals surface area contributed by atoms with E-state index >= 15 is 0 Å². The Morgan fingerprint density at radius 3 is 2.36 bits per heavy atom. The van der Waals surface area contributed by atoms with Crippen molar-refractivity contribution in [3.05, 3.63) is 82.2 Å². The number of aromatic nitrogens is 2. The molecule has 3 heterocycles. The van der Waals surface area contributed by atoms with E-state index in [2.05, 4.69) is 59.0 Å². The number of carboxylic acids is 1. The number of hydrogen-bond acceptors (Lipinski definition) is 5. The van der Waals surface area contributed by atoms with Crippen LogP contribution in [0.3, 0.4) is 0 Å². The quantitative estimate of drug-likeness (QED) is 0.330. The first-order valence-electron chi connectivity index (χ1n) is 15.8. The van der Waals surface area contributed by atoms with E-state index in [0.717, 1.165) is 48.4 Å². The van der Waals surface area contributed by atoms with Gasteiger partial charge < -0.3 is 20.1 Å². The highest BCUT2D eigenvalue weighted by Crippen LogP contribution is 2.49. The van der Waals surface area contributed by atoms with Crippen molar-refractivity contribution in [2.75, 3.05) is 7.11 Å². The second kappa shape index (κ2) is 12.0. The van der Waals surface area contributed by atoms with E-state index in [1.165, 1.54) is 5.56 Å². The normalized spacial score (nSPS) is 22.1. The highest BCUT2D eigenvalue weighted by atomic mass is 16.5. The number of likely N-dealkylation sites (tertiary alicyclic amines) is 1. The minimum absolute atomic E-state index is 0.0465. The standard InChI is InChI=1S/C36H48N4O4/c1-22-28(26-16-12-13-19-39(26)38-22)33(41)40-31(23-14-10-9-11-15-23)30(29(36(5,6)7)32(40)34(42)43)37-21-24-20-25(35(2,3)4)17-18-27(24)44-8/h9-11,14-15,17-18,20,29-32,37H,12-13,16,19,21H2,1-8H3,(H,42,43)/t29-,30-,31-,32-/m0/s1. The summed E-state index contributed by atoms with van der Waals surface area (Å²) in [4.78, 5) is 29.8. The van der Waals surface area contributed by atoms with Gasteiger partial charge in [-0.2, -0.15) is 5.10 Å². The largest absolute Gasteiger partial charge is 0.496 e. The monoisotopic (exact) mass is 600 g/mol. The van der Waals surface area contributed by atoms with Crippen molar-refractivity contribution in [2.45, 2.75) is 104 Å². The first-order chi connectivity index (χ1) is 20.7. The third-order valence-corrected chi connectivity index (χ3v) is 9.45. The number of amides is 1. The van der Waals surface area contributed by atoms with Gasteiger partial charge in [0, 0.05) is 30.6 Å². The summed E-state index contributed by atoms with van der Waals surface area (Å²) in [6.45, 7) is 15.9.